The fourth-order valence-corrected chi connectivity index (χ4v) is 1.23. The quantitative estimate of drug-likeness (QED) is 0.537. The van der Waals surface area contributed by atoms with E-state index in [1.165, 1.54) is 6.07 Å². The number of aromatic nitrogens is 2. The van der Waals surface area contributed by atoms with Crippen LogP contribution in [0.5, 0.6) is 0 Å². The molecule has 1 amide bonds. The second-order valence-corrected chi connectivity index (χ2v) is 4.13. The molecular formula is C10H18N4O3. The van der Waals surface area contributed by atoms with Crippen molar-refractivity contribution < 1.29 is 14.6 Å². The predicted molar refractivity (Wildman–Crippen MR) is 62.5 cm³/mol. The smallest absolute Gasteiger partial charge is 0.269 e. The minimum absolute atomic E-state index is 0.133. The lowest BCUT2D eigenvalue weighted by molar-refractivity contribution is 0.0243. The van der Waals surface area contributed by atoms with Crippen molar-refractivity contribution in [3.63, 3.8) is 0 Å². The highest BCUT2D eigenvalue weighted by Gasteiger charge is 2.21. The van der Waals surface area contributed by atoms with E-state index in [2.05, 4.69) is 15.5 Å². The number of nitrogen functional groups attached to an aromatic ring is 1. The monoisotopic (exact) mass is 242 g/mol. The molecule has 1 rings (SSSR count). The zero-order valence-electron chi connectivity index (χ0n) is 9.99. The number of aliphatic hydroxyl groups is 1. The van der Waals surface area contributed by atoms with E-state index in [4.69, 9.17) is 10.5 Å². The van der Waals surface area contributed by atoms with Crippen molar-refractivity contribution in [2.24, 2.45) is 0 Å². The Balaban J connectivity index is 2.42. The first kappa shape index (κ1) is 13.5. The third-order valence-electron chi connectivity index (χ3n) is 2.32. The SMILES string of the molecule is COCCC(C)(O)CNC(=O)c1cc(N)n[nH]1. The van der Waals surface area contributed by atoms with E-state index in [0.29, 0.717) is 13.0 Å². The molecule has 7 heteroatoms. The first-order chi connectivity index (χ1) is 7.94. The summed E-state index contributed by atoms with van der Waals surface area (Å²) < 4.78 is 4.87. The second-order valence-electron chi connectivity index (χ2n) is 4.13. The molecule has 17 heavy (non-hydrogen) atoms. The summed E-state index contributed by atoms with van der Waals surface area (Å²) in [6.07, 6.45) is 0.439. The summed E-state index contributed by atoms with van der Waals surface area (Å²) in [6, 6.07) is 1.43. The number of carbonyl (C=O) groups excluding carboxylic acids is 1. The first-order valence-corrected chi connectivity index (χ1v) is 5.25. The summed E-state index contributed by atoms with van der Waals surface area (Å²) in [5.41, 5.74) is 4.64. The van der Waals surface area contributed by atoms with Crippen molar-refractivity contribution in [1.82, 2.24) is 15.5 Å². The summed E-state index contributed by atoms with van der Waals surface area (Å²) in [5, 5.41) is 18.6. The maximum Gasteiger partial charge on any atom is 0.269 e. The number of carbonyl (C=O) groups is 1. The van der Waals surface area contributed by atoms with Gasteiger partial charge in [-0.05, 0) is 6.92 Å². The van der Waals surface area contributed by atoms with Crippen molar-refractivity contribution in [2.75, 3.05) is 26.0 Å². The van der Waals surface area contributed by atoms with Crippen LogP contribution in [0.25, 0.3) is 0 Å². The van der Waals surface area contributed by atoms with Crippen molar-refractivity contribution in [2.45, 2.75) is 18.9 Å². The number of ether oxygens (including phenoxy) is 1. The highest BCUT2D eigenvalue weighted by Crippen LogP contribution is 2.08. The van der Waals surface area contributed by atoms with Gasteiger partial charge in [0, 0.05) is 32.7 Å². The molecule has 0 fully saturated rings. The van der Waals surface area contributed by atoms with Crippen LogP contribution in [0.15, 0.2) is 6.07 Å². The Labute approximate surface area is 99.3 Å². The maximum atomic E-state index is 11.6. The number of rotatable bonds is 6. The summed E-state index contributed by atoms with van der Waals surface area (Å²) in [7, 11) is 1.56. The number of hydrogen-bond donors (Lipinski definition) is 4. The molecular weight excluding hydrogens is 224 g/mol. The third kappa shape index (κ3) is 4.41. The minimum atomic E-state index is -1.00. The Hall–Kier alpha value is -1.60. The molecule has 0 bridgehead atoms. The molecule has 1 aromatic rings. The van der Waals surface area contributed by atoms with E-state index >= 15 is 0 Å². The molecule has 1 aromatic heterocycles. The molecule has 0 saturated carbocycles. The molecule has 5 N–H and O–H groups in total. The molecule has 0 aromatic carbocycles. The number of methoxy groups -OCH3 is 1. The van der Waals surface area contributed by atoms with Gasteiger partial charge < -0.3 is 20.9 Å². The molecule has 0 saturated heterocycles. The molecule has 7 nitrogen and oxygen atoms in total. The third-order valence-corrected chi connectivity index (χ3v) is 2.32. The number of nitrogens with two attached hydrogens (primary N) is 1. The topological polar surface area (TPSA) is 113 Å². The molecule has 96 valence electrons. The number of amides is 1. The van der Waals surface area contributed by atoms with E-state index in [9.17, 15) is 9.90 Å². The molecule has 1 unspecified atom stereocenters. The molecule has 1 heterocycles. The van der Waals surface area contributed by atoms with Gasteiger partial charge in [0.05, 0.1) is 5.60 Å². The van der Waals surface area contributed by atoms with Crippen LogP contribution >= 0.6 is 0 Å². The van der Waals surface area contributed by atoms with E-state index in [1.807, 2.05) is 0 Å². The van der Waals surface area contributed by atoms with Crippen LogP contribution in [0.1, 0.15) is 23.8 Å². The van der Waals surface area contributed by atoms with Crippen LogP contribution < -0.4 is 11.1 Å². The van der Waals surface area contributed by atoms with Gasteiger partial charge in [0.15, 0.2) is 0 Å². The van der Waals surface area contributed by atoms with Crippen molar-refractivity contribution in [1.29, 1.82) is 0 Å². The van der Waals surface area contributed by atoms with Crippen LogP contribution in [-0.2, 0) is 4.74 Å². The van der Waals surface area contributed by atoms with Gasteiger partial charge in [0.25, 0.3) is 5.91 Å². The van der Waals surface area contributed by atoms with E-state index in [-0.39, 0.29) is 24.0 Å². The molecule has 0 aliphatic heterocycles. The van der Waals surface area contributed by atoms with Gasteiger partial charge in [0.2, 0.25) is 0 Å². The number of hydrogen-bond acceptors (Lipinski definition) is 5. The van der Waals surface area contributed by atoms with Crippen LogP contribution in [0.4, 0.5) is 5.82 Å². The Morgan fingerprint density at radius 2 is 2.47 bits per heavy atom. The Morgan fingerprint density at radius 3 is 3.00 bits per heavy atom. The number of H-pyrrole nitrogens is 1. The molecule has 0 spiro atoms. The van der Waals surface area contributed by atoms with Crippen LogP contribution in [0, 0.1) is 0 Å². The number of nitrogens with zero attached hydrogens (tertiary/aromatic N) is 1. The van der Waals surface area contributed by atoms with Gasteiger partial charge in [-0.1, -0.05) is 0 Å². The summed E-state index contributed by atoms with van der Waals surface area (Å²) in [5.74, 6) is -0.104. The van der Waals surface area contributed by atoms with Gasteiger partial charge in [0.1, 0.15) is 11.5 Å². The second kappa shape index (κ2) is 5.65. The lowest BCUT2D eigenvalue weighted by Crippen LogP contribution is -2.41. The van der Waals surface area contributed by atoms with Crippen LogP contribution in [0.3, 0.4) is 0 Å². The molecule has 0 radical (unpaired) electrons. The highest BCUT2D eigenvalue weighted by molar-refractivity contribution is 5.92. The zero-order chi connectivity index (χ0) is 12.9. The largest absolute Gasteiger partial charge is 0.388 e. The average molecular weight is 242 g/mol. The van der Waals surface area contributed by atoms with Gasteiger partial charge in [-0.15, -0.1) is 0 Å². The van der Waals surface area contributed by atoms with E-state index in [1.54, 1.807) is 14.0 Å². The van der Waals surface area contributed by atoms with Crippen molar-refractivity contribution in [3.8, 4) is 0 Å². The number of anilines is 1. The lowest BCUT2D eigenvalue weighted by atomic mass is 10.0. The number of aromatic amines is 1. The summed E-state index contributed by atoms with van der Waals surface area (Å²) in [6.45, 7) is 2.20. The van der Waals surface area contributed by atoms with Crippen LogP contribution in [0.2, 0.25) is 0 Å². The molecule has 0 aliphatic rings. The highest BCUT2D eigenvalue weighted by atomic mass is 16.5. The summed E-state index contributed by atoms with van der Waals surface area (Å²) in [4.78, 5) is 11.6. The molecule has 1 atom stereocenters. The van der Waals surface area contributed by atoms with Gasteiger partial charge in [-0.2, -0.15) is 5.10 Å². The van der Waals surface area contributed by atoms with Gasteiger partial charge >= 0.3 is 0 Å². The predicted octanol–water partition coefficient (Wildman–Crippen LogP) is -0.491. The Bertz CT molecular complexity index is 375. The fraction of sp³-hybridized carbons (Fsp3) is 0.600. The van der Waals surface area contributed by atoms with E-state index < -0.39 is 5.60 Å². The van der Waals surface area contributed by atoms with Crippen LogP contribution in [-0.4, -0.2) is 47.1 Å². The first-order valence-electron chi connectivity index (χ1n) is 5.25. The minimum Gasteiger partial charge on any atom is -0.388 e. The lowest BCUT2D eigenvalue weighted by Gasteiger charge is -2.22. The summed E-state index contributed by atoms with van der Waals surface area (Å²) >= 11 is 0. The van der Waals surface area contributed by atoms with Gasteiger partial charge in [-0.25, -0.2) is 0 Å². The van der Waals surface area contributed by atoms with Gasteiger partial charge in [-0.3, -0.25) is 9.89 Å². The van der Waals surface area contributed by atoms with Crippen molar-refractivity contribution >= 4 is 11.7 Å². The average Bonchev–Trinajstić information content (AvgIpc) is 2.70. The Kier molecular flexibility index (Phi) is 4.47. The van der Waals surface area contributed by atoms with Crippen molar-refractivity contribution in [3.05, 3.63) is 11.8 Å². The normalized spacial score (nSPS) is 14.3. The number of nitrogens with one attached hydrogen (secondary N) is 2. The standard InChI is InChI=1S/C10H18N4O3/c1-10(16,3-4-17-2)6-12-9(15)7-5-8(11)14-13-7/h5,16H,3-4,6H2,1-2H3,(H,12,15)(H3,11,13,14). The van der Waals surface area contributed by atoms with E-state index in [0.717, 1.165) is 0 Å². The zero-order valence-corrected chi connectivity index (χ0v) is 9.99. The molecule has 0 aliphatic carbocycles. The maximum absolute atomic E-state index is 11.6. The fourth-order valence-electron chi connectivity index (χ4n) is 1.23. The Morgan fingerprint density at radius 1 is 1.76 bits per heavy atom.